The lowest BCUT2D eigenvalue weighted by Crippen LogP contribution is -2.30. The Labute approximate surface area is 151 Å². The normalized spacial score (nSPS) is 16.5. The third-order valence-corrected chi connectivity index (χ3v) is 5.77. The van der Waals surface area contributed by atoms with Gasteiger partial charge in [0.1, 0.15) is 11.5 Å². The number of ketones is 2. The highest BCUT2D eigenvalue weighted by atomic mass is 16.3. The van der Waals surface area contributed by atoms with Gasteiger partial charge in [0.05, 0.1) is 12.1 Å². The molecular formula is C22H19NO3. The molecular weight excluding hydrogens is 326 g/mol. The monoisotopic (exact) mass is 345 g/mol. The molecule has 0 N–H and O–H groups in total. The lowest BCUT2D eigenvalue weighted by molar-refractivity contribution is 0.0815. The van der Waals surface area contributed by atoms with E-state index in [0.717, 1.165) is 52.7 Å². The summed E-state index contributed by atoms with van der Waals surface area (Å²) < 4.78 is 6.17. The standard InChI is InChI=1S/C22H19NO3/c1-3-23-10-9-15-17(11-23)26-22-16-8-7-13-12(2)5-4-6-14(13)18(16)20(24)21(25)19(15)22/h4-8H,3,9-11H2,1-2H3. The summed E-state index contributed by atoms with van der Waals surface area (Å²) in [6, 6.07) is 9.81. The maximum absolute atomic E-state index is 13.0. The first-order valence-electron chi connectivity index (χ1n) is 9.08. The molecule has 2 aromatic carbocycles. The van der Waals surface area contributed by atoms with E-state index in [4.69, 9.17) is 4.42 Å². The molecule has 0 fully saturated rings. The predicted molar refractivity (Wildman–Crippen MR) is 99.7 cm³/mol. The number of benzene rings is 2. The second kappa shape index (κ2) is 5.39. The van der Waals surface area contributed by atoms with E-state index in [9.17, 15) is 9.59 Å². The number of fused-ring (bicyclic) bond motifs is 7. The van der Waals surface area contributed by atoms with Crippen LogP contribution in [0.3, 0.4) is 0 Å². The second-order valence-electron chi connectivity index (χ2n) is 7.14. The SMILES string of the molecule is CCN1CCc2c(oc3c2C(=O)C(=O)c2c-3ccc3c(C)cccc23)C1. The van der Waals surface area contributed by atoms with Crippen molar-refractivity contribution < 1.29 is 14.0 Å². The summed E-state index contributed by atoms with van der Waals surface area (Å²) in [5, 5.41) is 1.83. The van der Waals surface area contributed by atoms with Crippen LogP contribution in [0.4, 0.5) is 0 Å². The zero-order valence-electron chi connectivity index (χ0n) is 14.9. The first kappa shape index (κ1) is 15.5. The zero-order valence-corrected chi connectivity index (χ0v) is 14.9. The Kier molecular flexibility index (Phi) is 3.22. The predicted octanol–water partition coefficient (Wildman–Crippen LogP) is 4.17. The summed E-state index contributed by atoms with van der Waals surface area (Å²) >= 11 is 0. The van der Waals surface area contributed by atoms with E-state index >= 15 is 0 Å². The fraction of sp³-hybridized carbons (Fsp3) is 0.273. The van der Waals surface area contributed by atoms with E-state index in [1.807, 2.05) is 37.3 Å². The topological polar surface area (TPSA) is 50.5 Å². The Morgan fingerprint density at radius 1 is 1.04 bits per heavy atom. The van der Waals surface area contributed by atoms with Crippen LogP contribution in [0.25, 0.3) is 22.1 Å². The van der Waals surface area contributed by atoms with Gasteiger partial charge in [-0.2, -0.15) is 0 Å². The number of likely N-dealkylation sites (N-methyl/N-ethyl adjacent to an activating group) is 1. The summed E-state index contributed by atoms with van der Waals surface area (Å²) in [6.45, 7) is 6.66. The molecule has 2 aliphatic rings. The van der Waals surface area contributed by atoms with Crippen LogP contribution in [0, 0.1) is 6.92 Å². The van der Waals surface area contributed by atoms with Crippen molar-refractivity contribution in [3.63, 3.8) is 0 Å². The van der Waals surface area contributed by atoms with E-state index < -0.39 is 11.6 Å². The van der Waals surface area contributed by atoms with Gasteiger partial charge in [0.2, 0.25) is 11.6 Å². The zero-order chi connectivity index (χ0) is 18.0. The van der Waals surface area contributed by atoms with Gasteiger partial charge < -0.3 is 4.42 Å². The molecule has 130 valence electrons. The molecule has 0 saturated carbocycles. The molecule has 3 aromatic rings. The van der Waals surface area contributed by atoms with Crippen molar-refractivity contribution in [1.29, 1.82) is 0 Å². The molecule has 0 saturated heterocycles. The minimum absolute atomic E-state index is 0.412. The third-order valence-electron chi connectivity index (χ3n) is 5.77. The fourth-order valence-corrected chi connectivity index (χ4v) is 4.33. The fourth-order valence-electron chi connectivity index (χ4n) is 4.33. The summed E-state index contributed by atoms with van der Waals surface area (Å²) in [6.07, 6.45) is 0.753. The van der Waals surface area contributed by atoms with Crippen LogP contribution < -0.4 is 0 Å². The Bertz CT molecular complexity index is 1110. The number of hydrogen-bond acceptors (Lipinski definition) is 4. The van der Waals surface area contributed by atoms with E-state index in [1.54, 1.807) is 0 Å². The molecule has 1 aliphatic carbocycles. The van der Waals surface area contributed by atoms with Gasteiger partial charge in [-0.05, 0) is 42.3 Å². The quantitative estimate of drug-likeness (QED) is 0.621. The van der Waals surface area contributed by atoms with Crippen LogP contribution in [0.5, 0.6) is 0 Å². The maximum Gasteiger partial charge on any atom is 0.237 e. The van der Waals surface area contributed by atoms with Gasteiger partial charge in [-0.15, -0.1) is 0 Å². The summed E-state index contributed by atoms with van der Waals surface area (Å²) in [5.41, 5.74) is 3.76. The van der Waals surface area contributed by atoms with Crippen LogP contribution in [-0.2, 0) is 13.0 Å². The molecule has 26 heavy (non-hydrogen) atoms. The van der Waals surface area contributed by atoms with Gasteiger partial charge in [-0.3, -0.25) is 14.5 Å². The first-order chi connectivity index (χ1) is 12.6. The summed E-state index contributed by atoms with van der Waals surface area (Å²) in [7, 11) is 0. The van der Waals surface area contributed by atoms with Crippen molar-refractivity contribution in [2.75, 3.05) is 13.1 Å². The minimum atomic E-state index is -0.420. The lowest BCUT2D eigenvalue weighted by Gasteiger charge is -2.24. The molecule has 0 amide bonds. The van der Waals surface area contributed by atoms with Crippen molar-refractivity contribution in [3.05, 3.63) is 58.3 Å². The number of Topliss-reactive ketones (excluding diaryl/α,β-unsaturated/α-hetero) is 2. The van der Waals surface area contributed by atoms with Gasteiger partial charge in [-0.1, -0.05) is 31.2 Å². The summed E-state index contributed by atoms with van der Waals surface area (Å²) in [5.74, 6) is 0.582. The molecule has 4 nitrogen and oxygen atoms in total. The molecule has 0 atom stereocenters. The average molecular weight is 345 g/mol. The molecule has 0 spiro atoms. The third kappa shape index (κ3) is 1.93. The molecule has 1 aromatic heterocycles. The molecule has 4 heteroatoms. The van der Waals surface area contributed by atoms with Crippen molar-refractivity contribution in [1.82, 2.24) is 4.90 Å². The van der Waals surface area contributed by atoms with Crippen molar-refractivity contribution in [2.45, 2.75) is 26.8 Å². The van der Waals surface area contributed by atoms with Gasteiger partial charge in [0, 0.05) is 23.2 Å². The molecule has 0 unspecified atom stereocenters. The van der Waals surface area contributed by atoms with Crippen molar-refractivity contribution in [3.8, 4) is 11.3 Å². The van der Waals surface area contributed by atoms with Crippen LogP contribution in [0.1, 0.15) is 44.5 Å². The van der Waals surface area contributed by atoms with Gasteiger partial charge in [-0.25, -0.2) is 0 Å². The maximum atomic E-state index is 13.0. The molecule has 2 heterocycles. The highest BCUT2D eigenvalue weighted by molar-refractivity contribution is 6.54. The summed E-state index contributed by atoms with van der Waals surface area (Å²) in [4.78, 5) is 28.3. The number of furan rings is 1. The van der Waals surface area contributed by atoms with Crippen molar-refractivity contribution in [2.24, 2.45) is 0 Å². The molecule has 1 aliphatic heterocycles. The van der Waals surface area contributed by atoms with Crippen molar-refractivity contribution >= 4 is 22.3 Å². The number of nitrogens with zero attached hydrogens (tertiary/aromatic N) is 1. The van der Waals surface area contributed by atoms with Crippen LogP contribution in [-0.4, -0.2) is 29.6 Å². The number of carbonyl (C=O) groups excluding carboxylic acids is 2. The van der Waals surface area contributed by atoms with E-state index in [1.165, 1.54) is 0 Å². The molecule has 0 radical (unpaired) electrons. The Morgan fingerprint density at radius 3 is 2.65 bits per heavy atom. The second-order valence-corrected chi connectivity index (χ2v) is 7.14. The van der Waals surface area contributed by atoms with E-state index in [-0.39, 0.29) is 0 Å². The Hall–Kier alpha value is -2.72. The molecule has 5 rings (SSSR count). The number of carbonyl (C=O) groups is 2. The van der Waals surface area contributed by atoms with Gasteiger partial charge in [0.25, 0.3) is 0 Å². The first-order valence-corrected chi connectivity index (χ1v) is 9.08. The number of rotatable bonds is 1. The number of aryl methyl sites for hydroxylation is 1. The highest BCUT2D eigenvalue weighted by Crippen LogP contribution is 2.43. The van der Waals surface area contributed by atoms with E-state index in [2.05, 4.69) is 11.8 Å². The van der Waals surface area contributed by atoms with Crippen LogP contribution in [0.2, 0.25) is 0 Å². The average Bonchev–Trinajstić information content (AvgIpc) is 3.04. The highest BCUT2D eigenvalue weighted by Gasteiger charge is 2.39. The minimum Gasteiger partial charge on any atom is -0.459 e. The van der Waals surface area contributed by atoms with E-state index in [0.29, 0.717) is 23.4 Å². The Balaban J connectivity index is 1.81. The smallest absolute Gasteiger partial charge is 0.237 e. The van der Waals surface area contributed by atoms with Crippen LogP contribution in [0.15, 0.2) is 34.7 Å². The largest absolute Gasteiger partial charge is 0.459 e. The number of hydrogen-bond donors (Lipinski definition) is 0. The molecule has 0 bridgehead atoms. The van der Waals surface area contributed by atoms with Gasteiger partial charge in [0.15, 0.2) is 0 Å². The van der Waals surface area contributed by atoms with Gasteiger partial charge >= 0.3 is 0 Å². The Morgan fingerprint density at radius 2 is 1.85 bits per heavy atom. The van der Waals surface area contributed by atoms with Crippen LogP contribution >= 0.6 is 0 Å². The lowest BCUT2D eigenvalue weighted by atomic mass is 9.82.